The van der Waals surface area contributed by atoms with E-state index in [4.69, 9.17) is 5.73 Å². The average Bonchev–Trinajstić information content (AvgIpc) is 2.81. The predicted octanol–water partition coefficient (Wildman–Crippen LogP) is 2.32. The van der Waals surface area contributed by atoms with Gasteiger partial charge in [-0.1, -0.05) is 37.6 Å². The third kappa shape index (κ3) is 3.56. The first kappa shape index (κ1) is 15.8. The molecule has 0 radical (unpaired) electrons. The summed E-state index contributed by atoms with van der Waals surface area (Å²) in [6.07, 6.45) is 0. The number of hydrogen-bond donors (Lipinski definition) is 1. The fourth-order valence-electron chi connectivity index (χ4n) is 3.05. The first-order valence-corrected chi connectivity index (χ1v) is 7.92. The SMILES string of the molecule is CCN(CC)CCN1C(N)=NCC1c1ccc(C)cc1C. The van der Waals surface area contributed by atoms with E-state index in [-0.39, 0.29) is 0 Å². The summed E-state index contributed by atoms with van der Waals surface area (Å²) in [6, 6.07) is 6.95. The van der Waals surface area contributed by atoms with Gasteiger partial charge in [0.25, 0.3) is 0 Å². The van der Waals surface area contributed by atoms with Crippen molar-refractivity contribution in [1.29, 1.82) is 0 Å². The highest BCUT2D eigenvalue weighted by Crippen LogP contribution is 2.28. The van der Waals surface area contributed by atoms with Gasteiger partial charge in [-0.2, -0.15) is 0 Å². The lowest BCUT2D eigenvalue weighted by Crippen LogP contribution is -2.41. The summed E-state index contributed by atoms with van der Waals surface area (Å²) in [5, 5.41) is 0. The second-order valence-electron chi connectivity index (χ2n) is 5.80. The molecule has 1 aromatic carbocycles. The Morgan fingerprint density at radius 1 is 1.29 bits per heavy atom. The van der Waals surface area contributed by atoms with Crippen LogP contribution in [0.25, 0.3) is 0 Å². The molecule has 21 heavy (non-hydrogen) atoms. The summed E-state index contributed by atoms with van der Waals surface area (Å²) < 4.78 is 0. The van der Waals surface area contributed by atoms with Crippen molar-refractivity contribution < 1.29 is 0 Å². The van der Waals surface area contributed by atoms with Crippen molar-refractivity contribution in [1.82, 2.24) is 9.80 Å². The van der Waals surface area contributed by atoms with Gasteiger partial charge in [0.15, 0.2) is 5.96 Å². The second kappa shape index (κ2) is 6.94. The Labute approximate surface area is 128 Å². The van der Waals surface area contributed by atoms with E-state index >= 15 is 0 Å². The van der Waals surface area contributed by atoms with Crippen LogP contribution in [0.15, 0.2) is 23.2 Å². The summed E-state index contributed by atoms with van der Waals surface area (Å²) in [7, 11) is 0. The molecule has 0 bridgehead atoms. The number of likely N-dealkylation sites (N-methyl/N-ethyl adjacent to an activating group) is 1. The van der Waals surface area contributed by atoms with Gasteiger partial charge in [-0.3, -0.25) is 4.99 Å². The van der Waals surface area contributed by atoms with Gasteiger partial charge in [-0.15, -0.1) is 0 Å². The van der Waals surface area contributed by atoms with Gasteiger partial charge in [0.2, 0.25) is 0 Å². The van der Waals surface area contributed by atoms with Gasteiger partial charge in [0, 0.05) is 13.1 Å². The molecule has 2 rings (SSSR count). The summed E-state index contributed by atoms with van der Waals surface area (Å²) in [6.45, 7) is 13.6. The fourth-order valence-corrected chi connectivity index (χ4v) is 3.05. The van der Waals surface area contributed by atoms with E-state index in [2.05, 4.69) is 60.7 Å². The van der Waals surface area contributed by atoms with Crippen LogP contribution in [0.3, 0.4) is 0 Å². The van der Waals surface area contributed by atoms with Crippen LogP contribution >= 0.6 is 0 Å². The third-order valence-electron chi connectivity index (χ3n) is 4.43. The minimum absolute atomic E-state index is 0.293. The molecule has 2 N–H and O–H groups in total. The fraction of sp³-hybridized carbons (Fsp3) is 0.588. The molecular weight excluding hydrogens is 260 g/mol. The molecule has 116 valence electrons. The van der Waals surface area contributed by atoms with Crippen molar-refractivity contribution in [2.75, 3.05) is 32.7 Å². The Morgan fingerprint density at radius 3 is 2.62 bits per heavy atom. The average molecular weight is 288 g/mol. The number of aliphatic imine (C=N–C) groups is 1. The van der Waals surface area contributed by atoms with E-state index < -0.39 is 0 Å². The maximum absolute atomic E-state index is 6.11. The van der Waals surface area contributed by atoms with E-state index in [9.17, 15) is 0 Å². The van der Waals surface area contributed by atoms with Crippen LogP contribution < -0.4 is 5.73 Å². The van der Waals surface area contributed by atoms with Crippen LogP contribution in [0, 0.1) is 13.8 Å². The smallest absolute Gasteiger partial charge is 0.191 e. The third-order valence-corrected chi connectivity index (χ3v) is 4.43. The van der Waals surface area contributed by atoms with Crippen molar-refractivity contribution in [2.24, 2.45) is 10.7 Å². The van der Waals surface area contributed by atoms with Crippen molar-refractivity contribution >= 4 is 5.96 Å². The molecule has 0 saturated carbocycles. The minimum atomic E-state index is 0.293. The lowest BCUT2D eigenvalue weighted by atomic mass is 9.98. The van der Waals surface area contributed by atoms with Gasteiger partial charge in [-0.25, -0.2) is 0 Å². The molecule has 0 fully saturated rings. The van der Waals surface area contributed by atoms with Crippen LogP contribution in [0.2, 0.25) is 0 Å². The summed E-state index contributed by atoms with van der Waals surface area (Å²) in [4.78, 5) is 9.15. The number of nitrogens with two attached hydrogens (primary N) is 1. The Bertz CT molecular complexity index is 506. The van der Waals surface area contributed by atoms with Gasteiger partial charge in [0.05, 0.1) is 12.6 Å². The first-order valence-electron chi connectivity index (χ1n) is 7.92. The molecule has 4 nitrogen and oxygen atoms in total. The Kier molecular flexibility index (Phi) is 5.23. The zero-order valence-corrected chi connectivity index (χ0v) is 13.8. The van der Waals surface area contributed by atoms with Crippen LogP contribution in [-0.2, 0) is 0 Å². The highest BCUT2D eigenvalue weighted by atomic mass is 15.3. The lowest BCUT2D eigenvalue weighted by Gasteiger charge is -2.30. The number of aryl methyl sites for hydroxylation is 2. The Balaban J connectivity index is 2.12. The zero-order chi connectivity index (χ0) is 15.4. The van der Waals surface area contributed by atoms with Crippen LogP contribution in [0.1, 0.15) is 36.6 Å². The van der Waals surface area contributed by atoms with Crippen molar-refractivity contribution in [3.05, 3.63) is 34.9 Å². The van der Waals surface area contributed by atoms with E-state index in [0.717, 1.165) is 32.7 Å². The highest BCUT2D eigenvalue weighted by Gasteiger charge is 2.28. The highest BCUT2D eigenvalue weighted by molar-refractivity contribution is 5.80. The molecule has 1 atom stereocenters. The molecule has 4 heteroatoms. The number of rotatable bonds is 6. The maximum Gasteiger partial charge on any atom is 0.191 e. The van der Waals surface area contributed by atoms with E-state index in [0.29, 0.717) is 12.0 Å². The Hall–Kier alpha value is -1.55. The van der Waals surface area contributed by atoms with Gasteiger partial charge < -0.3 is 15.5 Å². The molecule has 1 aromatic rings. The topological polar surface area (TPSA) is 44.9 Å². The van der Waals surface area contributed by atoms with Gasteiger partial charge in [0.1, 0.15) is 0 Å². The van der Waals surface area contributed by atoms with Crippen molar-refractivity contribution in [2.45, 2.75) is 33.7 Å². The maximum atomic E-state index is 6.11. The molecular formula is C17H28N4. The molecule has 0 saturated heterocycles. The standard InChI is InChI=1S/C17H28N4/c1-5-20(6-2)9-10-21-16(12-19-17(21)18)15-8-7-13(3)11-14(15)4/h7-8,11,16H,5-6,9-10,12H2,1-4H3,(H2,18,19). The number of hydrogen-bond acceptors (Lipinski definition) is 4. The number of benzene rings is 1. The van der Waals surface area contributed by atoms with Crippen molar-refractivity contribution in [3.63, 3.8) is 0 Å². The second-order valence-corrected chi connectivity index (χ2v) is 5.80. The molecule has 1 unspecified atom stereocenters. The number of nitrogens with zero attached hydrogens (tertiary/aromatic N) is 3. The minimum Gasteiger partial charge on any atom is -0.370 e. The first-order chi connectivity index (χ1) is 10.1. The van der Waals surface area contributed by atoms with E-state index in [1.54, 1.807) is 0 Å². The molecule has 1 aliphatic heterocycles. The molecule has 1 aliphatic rings. The normalized spacial score (nSPS) is 18.4. The molecule has 0 amide bonds. The van der Waals surface area contributed by atoms with Crippen molar-refractivity contribution in [3.8, 4) is 0 Å². The van der Waals surface area contributed by atoms with E-state index in [1.165, 1.54) is 16.7 Å². The molecule has 0 aliphatic carbocycles. The van der Waals surface area contributed by atoms with Crippen LogP contribution in [0.5, 0.6) is 0 Å². The molecule has 0 spiro atoms. The van der Waals surface area contributed by atoms with E-state index in [1.807, 2.05) is 0 Å². The molecule has 1 heterocycles. The summed E-state index contributed by atoms with van der Waals surface area (Å²) >= 11 is 0. The predicted molar refractivity (Wildman–Crippen MR) is 89.6 cm³/mol. The number of guanidine groups is 1. The van der Waals surface area contributed by atoms with Gasteiger partial charge >= 0.3 is 0 Å². The zero-order valence-electron chi connectivity index (χ0n) is 13.8. The quantitative estimate of drug-likeness (QED) is 0.873. The summed E-state index contributed by atoms with van der Waals surface area (Å²) in [5.74, 6) is 0.687. The monoisotopic (exact) mass is 288 g/mol. The van der Waals surface area contributed by atoms with Gasteiger partial charge in [-0.05, 0) is 38.1 Å². The van der Waals surface area contributed by atoms with Crippen LogP contribution in [0.4, 0.5) is 0 Å². The Morgan fingerprint density at radius 2 is 2.00 bits per heavy atom. The largest absolute Gasteiger partial charge is 0.370 e. The molecule has 0 aromatic heterocycles. The summed E-state index contributed by atoms with van der Waals surface area (Å²) in [5.41, 5.74) is 10.1. The van der Waals surface area contributed by atoms with Crippen LogP contribution in [-0.4, -0.2) is 48.5 Å². The lowest BCUT2D eigenvalue weighted by molar-refractivity contribution is 0.248.